The monoisotopic (exact) mass is 378 g/mol. The maximum Gasteiger partial charge on any atom is 0.274 e. The molecule has 2 unspecified atom stereocenters. The molecule has 0 bridgehead atoms. The molecule has 118 valence electrons. The smallest absolute Gasteiger partial charge is 0.258 e. The number of nitro benzene ring substituents is 1. The highest BCUT2D eigenvalue weighted by Gasteiger charge is 2.27. The third kappa shape index (κ3) is 3.81. The average Bonchev–Trinajstić information content (AvgIpc) is 2.38. The molecule has 0 radical (unpaired) electrons. The first-order valence-electron chi connectivity index (χ1n) is 6.47. The summed E-state index contributed by atoms with van der Waals surface area (Å²) in [6.45, 7) is 3.86. The van der Waals surface area contributed by atoms with E-state index in [-0.39, 0.29) is 21.3 Å². The SMILES string of the molecule is CCC(c1ccc(S(=O)(=O)N(C)C)cc1[N+](=O)[O-])C(C)Br. The van der Waals surface area contributed by atoms with Crippen LogP contribution < -0.4 is 0 Å². The molecule has 0 saturated heterocycles. The van der Waals surface area contributed by atoms with Gasteiger partial charge in [0.05, 0.1) is 9.82 Å². The molecule has 0 amide bonds. The molecular formula is C13H19BrN2O4S. The lowest BCUT2D eigenvalue weighted by Gasteiger charge is -2.19. The molecule has 0 saturated carbocycles. The summed E-state index contributed by atoms with van der Waals surface area (Å²) >= 11 is 3.45. The van der Waals surface area contributed by atoms with E-state index in [0.29, 0.717) is 12.0 Å². The van der Waals surface area contributed by atoms with Crippen molar-refractivity contribution in [1.29, 1.82) is 0 Å². The molecule has 21 heavy (non-hydrogen) atoms. The van der Waals surface area contributed by atoms with E-state index in [2.05, 4.69) is 15.9 Å². The first kappa shape index (κ1) is 18.1. The highest BCUT2D eigenvalue weighted by atomic mass is 79.9. The number of benzene rings is 1. The van der Waals surface area contributed by atoms with Crippen molar-refractivity contribution in [2.75, 3.05) is 14.1 Å². The first-order valence-corrected chi connectivity index (χ1v) is 8.83. The Kier molecular flexibility index (Phi) is 5.89. The van der Waals surface area contributed by atoms with Gasteiger partial charge in [0.15, 0.2) is 0 Å². The van der Waals surface area contributed by atoms with Crippen molar-refractivity contribution in [3.8, 4) is 0 Å². The lowest BCUT2D eigenvalue weighted by Crippen LogP contribution is -2.22. The Morgan fingerprint density at radius 3 is 2.33 bits per heavy atom. The fourth-order valence-corrected chi connectivity index (χ4v) is 3.74. The molecule has 0 aliphatic heterocycles. The van der Waals surface area contributed by atoms with Crippen LogP contribution in [0.15, 0.2) is 23.1 Å². The molecule has 0 fully saturated rings. The Morgan fingerprint density at radius 1 is 1.38 bits per heavy atom. The molecule has 0 aliphatic carbocycles. The summed E-state index contributed by atoms with van der Waals surface area (Å²) in [5, 5.41) is 11.3. The van der Waals surface area contributed by atoms with E-state index in [4.69, 9.17) is 0 Å². The molecule has 1 aromatic rings. The van der Waals surface area contributed by atoms with E-state index in [9.17, 15) is 18.5 Å². The topological polar surface area (TPSA) is 80.5 Å². The van der Waals surface area contributed by atoms with Crippen molar-refractivity contribution >= 4 is 31.6 Å². The third-order valence-corrected chi connectivity index (χ3v) is 5.82. The number of halogens is 1. The minimum absolute atomic E-state index is 0.0532. The van der Waals surface area contributed by atoms with Crippen LogP contribution in [0.4, 0.5) is 5.69 Å². The molecule has 2 atom stereocenters. The molecule has 0 spiro atoms. The predicted octanol–water partition coefficient (Wildman–Crippen LogP) is 3.12. The molecular weight excluding hydrogens is 360 g/mol. The second-order valence-electron chi connectivity index (χ2n) is 4.96. The highest BCUT2D eigenvalue weighted by Crippen LogP contribution is 2.35. The minimum Gasteiger partial charge on any atom is -0.258 e. The van der Waals surface area contributed by atoms with E-state index < -0.39 is 14.9 Å². The number of hydrogen-bond donors (Lipinski definition) is 0. The summed E-state index contributed by atoms with van der Waals surface area (Å²) in [5.74, 6) is -0.0542. The van der Waals surface area contributed by atoms with Gasteiger partial charge in [0, 0.05) is 36.5 Å². The first-order chi connectivity index (χ1) is 9.62. The largest absolute Gasteiger partial charge is 0.274 e. The quantitative estimate of drug-likeness (QED) is 0.432. The summed E-state index contributed by atoms with van der Waals surface area (Å²) in [6.07, 6.45) is 0.715. The fraction of sp³-hybridized carbons (Fsp3) is 0.538. The van der Waals surface area contributed by atoms with Gasteiger partial charge in [0.1, 0.15) is 0 Å². The average molecular weight is 379 g/mol. The summed E-state index contributed by atoms with van der Waals surface area (Å²) in [7, 11) is -0.899. The van der Waals surface area contributed by atoms with Gasteiger partial charge in [0.2, 0.25) is 10.0 Å². The molecule has 6 nitrogen and oxygen atoms in total. The van der Waals surface area contributed by atoms with E-state index in [1.807, 2.05) is 13.8 Å². The Hall–Kier alpha value is -0.990. The summed E-state index contributed by atoms with van der Waals surface area (Å²) in [6, 6.07) is 4.11. The van der Waals surface area contributed by atoms with Crippen molar-refractivity contribution in [2.45, 2.75) is 35.9 Å². The lowest BCUT2D eigenvalue weighted by atomic mass is 9.92. The Morgan fingerprint density at radius 2 is 1.95 bits per heavy atom. The zero-order valence-electron chi connectivity index (χ0n) is 12.4. The summed E-state index contributed by atoms with van der Waals surface area (Å²) in [4.78, 5) is 10.8. The summed E-state index contributed by atoms with van der Waals surface area (Å²) in [5.41, 5.74) is 0.389. The van der Waals surface area contributed by atoms with Crippen LogP contribution in [0.5, 0.6) is 0 Å². The van der Waals surface area contributed by atoms with Gasteiger partial charge in [-0.15, -0.1) is 0 Å². The molecule has 0 aromatic heterocycles. The van der Waals surface area contributed by atoms with E-state index in [1.54, 1.807) is 6.07 Å². The van der Waals surface area contributed by atoms with Gasteiger partial charge in [-0.1, -0.05) is 35.8 Å². The zero-order chi connectivity index (χ0) is 16.4. The maximum atomic E-state index is 12.1. The number of nitrogens with zero attached hydrogens (tertiary/aromatic N) is 2. The van der Waals surface area contributed by atoms with Crippen molar-refractivity contribution < 1.29 is 13.3 Å². The van der Waals surface area contributed by atoms with Crippen LogP contribution in [-0.2, 0) is 10.0 Å². The maximum absolute atomic E-state index is 12.1. The third-order valence-electron chi connectivity index (χ3n) is 3.37. The van der Waals surface area contributed by atoms with Crippen LogP contribution in [0.25, 0.3) is 0 Å². The van der Waals surface area contributed by atoms with Crippen LogP contribution in [0, 0.1) is 10.1 Å². The van der Waals surface area contributed by atoms with Gasteiger partial charge in [-0.05, 0) is 12.5 Å². The highest BCUT2D eigenvalue weighted by molar-refractivity contribution is 9.09. The molecule has 0 N–H and O–H groups in total. The predicted molar refractivity (Wildman–Crippen MR) is 85.4 cm³/mol. The van der Waals surface area contributed by atoms with Crippen molar-refractivity contribution in [1.82, 2.24) is 4.31 Å². The molecule has 0 aliphatic rings. The standard InChI is InChI=1S/C13H19BrN2O4S/c1-5-11(9(2)14)12-7-6-10(8-13(12)16(17)18)21(19,20)15(3)4/h6-9,11H,5H2,1-4H3. The van der Waals surface area contributed by atoms with Crippen molar-refractivity contribution in [3.63, 3.8) is 0 Å². The second kappa shape index (κ2) is 6.85. The van der Waals surface area contributed by atoms with Crippen molar-refractivity contribution in [3.05, 3.63) is 33.9 Å². The molecule has 0 heterocycles. The Bertz CT molecular complexity index is 629. The zero-order valence-corrected chi connectivity index (χ0v) is 14.8. The van der Waals surface area contributed by atoms with Crippen LogP contribution in [0.2, 0.25) is 0 Å². The molecule has 8 heteroatoms. The van der Waals surface area contributed by atoms with E-state index >= 15 is 0 Å². The minimum atomic E-state index is -3.69. The number of alkyl halides is 1. The lowest BCUT2D eigenvalue weighted by molar-refractivity contribution is -0.386. The van der Waals surface area contributed by atoms with Gasteiger partial charge in [-0.3, -0.25) is 10.1 Å². The van der Waals surface area contributed by atoms with Crippen LogP contribution in [-0.4, -0.2) is 36.6 Å². The van der Waals surface area contributed by atoms with E-state index in [1.165, 1.54) is 20.2 Å². The number of hydrogen-bond acceptors (Lipinski definition) is 4. The van der Waals surface area contributed by atoms with Crippen LogP contribution >= 0.6 is 15.9 Å². The number of sulfonamides is 1. The van der Waals surface area contributed by atoms with Gasteiger partial charge in [-0.25, -0.2) is 12.7 Å². The van der Waals surface area contributed by atoms with Gasteiger partial charge in [-0.2, -0.15) is 0 Å². The van der Waals surface area contributed by atoms with Gasteiger partial charge >= 0.3 is 0 Å². The number of nitro groups is 1. The van der Waals surface area contributed by atoms with Crippen LogP contribution in [0.3, 0.4) is 0 Å². The number of rotatable bonds is 6. The fourth-order valence-electron chi connectivity index (χ4n) is 2.16. The normalized spacial score (nSPS) is 15.0. The van der Waals surface area contributed by atoms with Crippen molar-refractivity contribution in [2.24, 2.45) is 0 Å². The second-order valence-corrected chi connectivity index (χ2v) is 8.55. The summed E-state index contributed by atoms with van der Waals surface area (Å²) < 4.78 is 25.2. The Labute approximate surface area is 133 Å². The van der Waals surface area contributed by atoms with Crippen LogP contribution in [0.1, 0.15) is 31.7 Å². The van der Waals surface area contributed by atoms with Gasteiger partial charge < -0.3 is 0 Å². The van der Waals surface area contributed by atoms with Gasteiger partial charge in [0.25, 0.3) is 5.69 Å². The van der Waals surface area contributed by atoms with E-state index in [0.717, 1.165) is 10.4 Å². The molecule has 1 aromatic carbocycles. The molecule has 1 rings (SSSR count). The Balaban J connectivity index is 3.49.